The molecule has 0 saturated carbocycles. The van der Waals surface area contributed by atoms with Crippen molar-refractivity contribution in [2.45, 2.75) is 44.3 Å². The first-order chi connectivity index (χ1) is 15.2. The third-order valence-corrected chi connectivity index (χ3v) is 7.20. The molecule has 0 spiro atoms. The fraction of sp³-hybridized carbons (Fsp3) is 0.333. The number of benzene rings is 1. The SMILES string of the molecule is Cc1cc([C@@H]2[C@@H](c3ccccn3)N=C3S[C@H](C)CN32)c(C)n1-c1cccc(C(F)(F)F)c1. The summed E-state index contributed by atoms with van der Waals surface area (Å²) in [5, 5.41) is 1.45. The van der Waals surface area contributed by atoms with Crippen molar-refractivity contribution >= 4 is 16.9 Å². The van der Waals surface area contributed by atoms with E-state index in [4.69, 9.17) is 4.99 Å². The summed E-state index contributed by atoms with van der Waals surface area (Å²) in [7, 11) is 0. The smallest absolute Gasteiger partial charge is 0.341 e. The molecular formula is C24H23F3N4S. The van der Waals surface area contributed by atoms with Gasteiger partial charge in [0, 0.05) is 35.1 Å². The molecule has 0 radical (unpaired) electrons. The van der Waals surface area contributed by atoms with E-state index in [-0.39, 0.29) is 12.1 Å². The molecule has 166 valence electrons. The van der Waals surface area contributed by atoms with Crippen molar-refractivity contribution in [1.82, 2.24) is 14.5 Å². The Labute approximate surface area is 189 Å². The molecule has 4 heterocycles. The average molecular weight is 457 g/mol. The van der Waals surface area contributed by atoms with E-state index in [1.807, 2.05) is 36.6 Å². The third kappa shape index (κ3) is 3.50. The van der Waals surface area contributed by atoms with Gasteiger partial charge in [-0.05, 0) is 55.8 Å². The number of alkyl halides is 3. The number of hydrogen-bond acceptors (Lipinski definition) is 4. The molecule has 2 aliphatic rings. The molecule has 8 heteroatoms. The Morgan fingerprint density at radius 1 is 1.06 bits per heavy atom. The molecule has 1 aromatic carbocycles. The predicted molar refractivity (Wildman–Crippen MR) is 121 cm³/mol. The minimum absolute atomic E-state index is 0.0388. The van der Waals surface area contributed by atoms with E-state index in [9.17, 15) is 13.2 Å². The van der Waals surface area contributed by atoms with Crippen molar-refractivity contribution in [1.29, 1.82) is 0 Å². The van der Waals surface area contributed by atoms with Crippen molar-refractivity contribution in [2.24, 2.45) is 4.99 Å². The summed E-state index contributed by atoms with van der Waals surface area (Å²) in [4.78, 5) is 11.9. The Bertz CT molecular complexity index is 1190. The highest BCUT2D eigenvalue weighted by Gasteiger charge is 2.44. The summed E-state index contributed by atoms with van der Waals surface area (Å²) in [6.07, 6.45) is -2.60. The van der Waals surface area contributed by atoms with Crippen LogP contribution in [0.15, 0.2) is 59.7 Å². The largest absolute Gasteiger partial charge is 0.416 e. The Morgan fingerprint density at radius 3 is 2.59 bits per heavy atom. The number of halogens is 3. The molecule has 1 fully saturated rings. The molecule has 0 amide bonds. The van der Waals surface area contributed by atoms with Gasteiger partial charge in [0.15, 0.2) is 5.17 Å². The lowest BCUT2D eigenvalue weighted by Crippen LogP contribution is -2.28. The van der Waals surface area contributed by atoms with Crippen molar-refractivity contribution in [3.05, 3.63) is 82.9 Å². The van der Waals surface area contributed by atoms with Gasteiger partial charge in [0.05, 0.1) is 17.3 Å². The van der Waals surface area contributed by atoms with Gasteiger partial charge in [-0.25, -0.2) is 0 Å². The highest BCUT2D eigenvalue weighted by atomic mass is 32.2. The zero-order valence-corrected chi connectivity index (χ0v) is 18.8. The second kappa shape index (κ2) is 7.69. The lowest BCUT2D eigenvalue weighted by Gasteiger charge is -2.27. The van der Waals surface area contributed by atoms with E-state index in [0.29, 0.717) is 10.9 Å². The number of fused-ring (bicyclic) bond motifs is 1. The minimum atomic E-state index is -4.38. The van der Waals surface area contributed by atoms with E-state index < -0.39 is 11.7 Å². The van der Waals surface area contributed by atoms with Crippen LogP contribution in [0.1, 0.15) is 47.2 Å². The topological polar surface area (TPSA) is 33.4 Å². The average Bonchev–Trinajstić information content (AvgIpc) is 3.37. The number of aliphatic imine (C=N–C) groups is 1. The molecule has 1 saturated heterocycles. The molecule has 2 aliphatic heterocycles. The van der Waals surface area contributed by atoms with Gasteiger partial charge in [-0.2, -0.15) is 13.2 Å². The van der Waals surface area contributed by atoms with Crippen molar-refractivity contribution < 1.29 is 13.2 Å². The van der Waals surface area contributed by atoms with Crippen molar-refractivity contribution in [2.75, 3.05) is 6.54 Å². The Hall–Kier alpha value is -2.74. The highest BCUT2D eigenvalue weighted by Crippen LogP contribution is 2.49. The number of rotatable bonds is 3. The second-order valence-electron chi connectivity index (χ2n) is 8.35. The minimum Gasteiger partial charge on any atom is -0.341 e. The van der Waals surface area contributed by atoms with Gasteiger partial charge in [-0.3, -0.25) is 9.98 Å². The quantitative estimate of drug-likeness (QED) is 0.478. The Balaban J connectivity index is 1.61. The first kappa shape index (κ1) is 21.1. The van der Waals surface area contributed by atoms with Gasteiger partial charge < -0.3 is 9.47 Å². The maximum atomic E-state index is 13.3. The van der Waals surface area contributed by atoms with Crippen LogP contribution >= 0.6 is 11.8 Å². The molecule has 0 bridgehead atoms. The normalized spacial score (nSPS) is 22.9. The number of thioether (sulfide) groups is 1. The lowest BCUT2D eigenvalue weighted by atomic mass is 9.96. The summed E-state index contributed by atoms with van der Waals surface area (Å²) in [5.41, 5.74) is 3.66. The van der Waals surface area contributed by atoms with E-state index in [0.717, 1.165) is 40.4 Å². The van der Waals surface area contributed by atoms with Gasteiger partial charge >= 0.3 is 6.18 Å². The summed E-state index contributed by atoms with van der Waals surface area (Å²) >= 11 is 1.77. The lowest BCUT2D eigenvalue weighted by molar-refractivity contribution is -0.137. The molecule has 3 atom stereocenters. The van der Waals surface area contributed by atoms with E-state index in [2.05, 4.69) is 22.9 Å². The maximum Gasteiger partial charge on any atom is 0.416 e. The van der Waals surface area contributed by atoms with Gasteiger partial charge in [-0.15, -0.1) is 0 Å². The first-order valence-electron chi connectivity index (χ1n) is 10.5. The van der Waals surface area contributed by atoms with Gasteiger partial charge in [0.2, 0.25) is 0 Å². The standard InChI is InChI=1S/C24H23F3N4S/c1-14-11-19(16(3)31(14)18-8-6-7-17(12-18)24(25,26)27)22-21(20-9-4-5-10-28-20)29-23-30(22)13-15(2)32-23/h4-12,15,21-22H,13H2,1-3H3/t15-,21-,22-/m1/s1. The zero-order valence-electron chi connectivity index (χ0n) is 18.0. The van der Waals surface area contributed by atoms with Crippen LogP contribution in [0.25, 0.3) is 5.69 Å². The molecule has 32 heavy (non-hydrogen) atoms. The van der Waals surface area contributed by atoms with Crippen LogP contribution in [0.3, 0.4) is 0 Å². The molecule has 0 N–H and O–H groups in total. The van der Waals surface area contributed by atoms with Crippen LogP contribution in [-0.4, -0.2) is 31.4 Å². The van der Waals surface area contributed by atoms with E-state index >= 15 is 0 Å². The molecule has 2 aromatic heterocycles. The monoisotopic (exact) mass is 456 g/mol. The first-order valence-corrected chi connectivity index (χ1v) is 11.4. The number of aryl methyl sites for hydroxylation is 1. The van der Waals surface area contributed by atoms with Crippen LogP contribution in [-0.2, 0) is 6.18 Å². The summed E-state index contributed by atoms with van der Waals surface area (Å²) in [6, 6.07) is 13.2. The summed E-state index contributed by atoms with van der Waals surface area (Å²) in [6.45, 7) is 6.97. The zero-order chi connectivity index (χ0) is 22.6. The van der Waals surface area contributed by atoms with Crippen LogP contribution in [0.2, 0.25) is 0 Å². The summed E-state index contributed by atoms with van der Waals surface area (Å²) < 4.78 is 41.9. The van der Waals surface area contributed by atoms with Gasteiger partial charge in [0.25, 0.3) is 0 Å². The Kier molecular flexibility index (Phi) is 5.08. The third-order valence-electron chi connectivity index (χ3n) is 6.10. The van der Waals surface area contributed by atoms with Crippen LogP contribution < -0.4 is 0 Å². The maximum absolute atomic E-state index is 13.3. The van der Waals surface area contributed by atoms with E-state index in [1.54, 1.807) is 24.0 Å². The molecule has 5 rings (SSSR count). The molecule has 4 nitrogen and oxygen atoms in total. The van der Waals surface area contributed by atoms with Gasteiger partial charge in [0.1, 0.15) is 6.04 Å². The highest BCUT2D eigenvalue weighted by molar-refractivity contribution is 8.14. The number of pyridine rings is 1. The van der Waals surface area contributed by atoms with Crippen molar-refractivity contribution in [3.8, 4) is 5.69 Å². The Morgan fingerprint density at radius 2 is 1.88 bits per heavy atom. The van der Waals surface area contributed by atoms with E-state index in [1.165, 1.54) is 12.1 Å². The molecule has 0 aliphatic carbocycles. The second-order valence-corrected chi connectivity index (χ2v) is 9.75. The summed E-state index contributed by atoms with van der Waals surface area (Å²) in [5.74, 6) is 0. The van der Waals surface area contributed by atoms with Gasteiger partial charge in [-0.1, -0.05) is 30.8 Å². The molecule has 3 aromatic rings. The van der Waals surface area contributed by atoms with Crippen LogP contribution in [0.5, 0.6) is 0 Å². The van der Waals surface area contributed by atoms with Crippen molar-refractivity contribution in [3.63, 3.8) is 0 Å². The number of aromatic nitrogens is 2. The fourth-order valence-corrected chi connectivity index (χ4v) is 5.85. The van der Waals surface area contributed by atoms with Crippen LogP contribution in [0, 0.1) is 13.8 Å². The number of hydrogen-bond donors (Lipinski definition) is 0. The van der Waals surface area contributed by atoms with Crippen LogP contribution in [0.4, 0.5) is 13.2 Å². The number of amidine groups is 1. The predicted octanol–water partition coefficient (Wildman–Crippen LogP) is 6.10. The number of nitrogens with zero attached hydrogens (tertiary/aromatic N) is 4. The molecular weight excluding hydrogens is 433 g/mol. The molecule has 0 unspecified atom stereocenters. The fourth-order valence-electron chi connectivity index (χ4n) is 4.76.